The fraction of sp³-hybridized carbons (Fsp3) is 0.0612. The maximum absolute atomic E-state index is 6.88. The second-order valence-corrected chi connectivity index (χ2v) is 15.2. The predicted octanol–water partition coefficient (Wildman–Crippen LogP) is 12.9. The van der Waals surface area contributed by atoms with Crippen LogP contribution in [0.2, 0.25) is 0 Å². The fourth-order valence-electron chi connectivity index (χ4n) is 8.12. The highest BCUT2D eigenvalue weighted by molar-refractivity contribution is 7.25. The highest BCUT2D eigenvalue weighted by atomic mass is 32.1. The molecule has 0 bridgehead atoms. The summed E-state index contributed by atoms with van der Waals surface area (Å²) in [7, 11) is 0. The summed E-state index contributed by atoms with van der Waals surface area (Å²) < 4.78 is 9.42. The molecule has 11 rings (SSSR count). The first-order chi connectivity index (χ1) is 27.2. The minimum Gasteiger partial charge on any atom is -0.456 e. The van der Waals surface area contributed by atoms with Crippen molar-refractivity contribution in [3.05, 3.63) is 192 Å². The molecule has 1 aliphatic carbocycles. The number of para-hydroxylation sites is 1. The minimum atomic E-state index is -0.336. The number of anilines is 3. The molecule has 9 aromatic rings. The lowest BCUT2D eigenvalue weighted by molar-refractivity contribution is 0.667. The molecule has 0 radical (unpaired) electrons. The minimum absolute atomic E-state index is 0.336. The monoisotopic (exact) mass is 726 g/mol. The molecule has 262 valence electrons. The molecule has 7 aromatic carbocycles. The van der Waals surface area contributed by atoms with Gasteiger partial charge in [0.25, 0.3) is 0 Å². The van der Waals surface area contributed by atoms with Gasteiger partial charge in [-0.25, -0.2) is 9.98 Å². The first kappa shape index (κ1) is 31.7. The maximum atomic E-state index is 6.88. The van der Waals surface area contributed by atoms with Crippen molar-refractivity contribution in [2.45, 2.75) is 19.0 Å². The van der Waals surface area contributed by atoms with E-state index >= 15 is 0 Å². The number of furan rings is 1. The van der Waals surface area contributed by atoms with Crippen LogP contribution in [-0.4, -0.2) is 11.7 Å². The van der Waals surface area contributed by atoms with Gasteiger partial charge in [-0.05, 0) is 78.1 Å². The van der Waals surface area contributed by atoms with Gasteiger partial charge in [0.2, 0.25) is 0 Å². The van der Waals surface area contributed by atoms with Crippen LogP contribution in [0.3, 0.4) is 0 Å². The first-order valence-corrected chi connectivity index (χ1v) is 19.6. The van der Waals surface area contributed by atoms with E-state index in [1.807, 2.05) is 35.6 Å². The third kappa shape index (κ3) is 5.53. The van der Waals surface area contributed by atoms with Crippen molar-refractivity contribution in [1.29, 1.82) is 0 Å². The van der Waals surface area contributed by atoms with E-state index in [4.69, 9.17) is 14.4 Å². The average Bonchev–Trinajstić information content (AvgIpc) is 3.81. The number of nitrogens with one attached hydrogen (secondary N) is 1. The summed E-state index contributed by atoms with van der Waals surface area (Å²) in [6.45, 7) is 0. The summed E-state index contributed by atoms with van der Waals surface area (Å²) in [6.07, 6.45) is 6.21. The van der Waals surface area contributed by atoms with Crippen LogP contribution in [0.5, 0.6) is 0 Å². The largest absolute Gasteiger partial charge is 0.456 e. The number of amidine groups is 2. The van der Waals surface area contributed by atoms with Crippen LogP contribution >= 0.6 is 11.3 Å². The van der Waals surface area contributed by atoms with Crippen molar-refractivity contribution in [2.24, 2.45) is 9.98 Å². The van der Waals surface area contributed by atoms with E-state index < -0.39 is 0 Å². The molecule has 2 aromatic heterocycles. The number of allylic oxidation sites excluding steroid dienone is 1. The van der Waals surface area contributed by atoms with Crippen molar-refractivity contribution in [3.8, 4) is 0 Å². The zero-order chi connectivity index (χ0) is 36.3. The van der Waals surface area contributed by atoms with Crippen LogP contribution in [0.4, 0.5) is 17.1 Å². The smallest absolute Gasteiger partial charge is 0.159 e. The molecule has 55 heavy (non-hydrogen) atoms. The Labute approximate surface area is 322 Å². The number of thiophene rings is 1. The molecule has 1 aliphatic heterocycles. The number of hydrogen-bond acceptors (Lipinski definition) is 6. The van der Waals surface area contributed by atoms with Crippen molar-refractivity contribution >= 4 is 88.3 Å². The molecule has 1 atom stereocenters. The number of hydrogen-bond donors (Lipinski definition) is 1. The summed E-state index contributed by atoms with van der Waals surface area (Å²) in [5, 5.41) is 8.43. The zero-order valence-corrected chi connectivity index (χ0v) is 30.6. The Morgan fingerprint density at radius 2 is 1.40 bits per heavy atom. The van der Waals surface area contributed by atoms with Crippen LogP contribution in [-0.2, 0) is 6.42 Å². The van der Waals surface area contributed by atoms with E-state index in [0.717, 1.165) is 74.4 Å². The Balaban J connectivity index is 1.17. The van der Waals surface area contributed by atoms with Gasteiger partial charge in [-0.3, -0.25) is 0 Å². The molecule has 5 nitrogen and oxygen atoms in total. The number of fused-ring (bicyclic) bond motifs is 7. The van der Waals surface area contributed by atoms with Gasteiger partial charge in [0.1, 0.15) is 23.2 Å². The van der Waals surface area contributed by atoms with Gasteiger partial charge in [-0.2, -0.15) is 0 Å². The second-order valence-electron chi connectivity index (χ2n) is 14.1. The number of benzene rings is 7. The molecule has 1 N–H and O–H groups in total. The lowest BCUT2D eigenvalue weighted by atomic mass is 9.94. The number of nitrogens with zero attached hydrogens (tertiary/aromatic N) is 3. The van der Waals surface area contributed by atoms with Gasteiger partial charge in [-0.1, -0.05) is 115 Å². The third-order valence-corrected chi connectivity index (χ3v) is 11.9. The van der Waals surface area contributed by atoms with E-state index in [-0.39, 0.29) is 6.17 Å². The van der Waals surface area contributed by atoms with Crippen LogP contribution in [0.15, 0.2) is 178 Å². The Kier molecular flexibility index (Phi) is 7.49. The average molecular weight is 727 g/mol. The molecule has 1 unspecified atom stereocenters. The van der Waals surface area contributed by atoms with Gasteiger partial charge < -0.3 is 14.6 Å². The molecule has 0 spiro atoms. The van der Waals surface area contributed by atoms with Crippen LogP contribution in [0, 0.1) is 0 Å². The Morgan fingerprint density at radius 1 is 0.636 bits per heavy atom. The lowest BCUT2D eigenvalue weighted by Gasteiger charge is -2.28. The quantitative estimate of drug-likeness (QED) is 0.186. The molecule has 6 heteroatoms. The number of aliphatic imine (C=N–C) groups is 2. The van der Waals surface area contributed by atoms with E-state index in [2.05, 4.69) is 156 Å². The molecule has 0 fully saturated rings. The van der Waals surface area contributed by atoms with Crippen molar-refractivity contribution in [3.63, 3.8) is 0 Å². The molecule has 0 saturated heterocycles. The highest BCUT2D eigenvalue weighted by Crippen LogP contribution is 2.44. The number of aryl methyl sites for hydroxylation is 1. The van der Waals surface area contributed by atoms with E-state index in [1.54, 1.807) is 0 Å². The molecular weight excluding hydrogens is 693 g/mol. The topological polar surface area (TPSA) is 53.1 Å². The Morgan fingerprint density at radius 3 is 2.25 bits per heavy atom. The summed E-state index contributed by atoms with van der Waals surface area (Å²) in [5.74, 6) is 1.43. The van der Waals surface area contributed by atoms with E-state index in [9.17, 15) is 0 Å². The zero-order valence-electron chi connectivity index (χ0n) is 29.8. The van der Waals surface area contributed by atoms with Gasteiger partial charge in [0.15, 0.2) is 5.84 Å². The Bertz CT molecular complexity index is 3010. The third-order valence-electron chi connectivity index (χ3n) is 10.7. The summed E-state index contributed by atoms with van der Waals surface area (Å²) >= 11 is 1.83. The van der Waals surface area contributed by atoms with Crippen LogP contribution in [0.25, 0.3) is 48.2 Å². The molecule has 0 saturated carbocycles. The summed E-state index contributed by atoms with van der Waals surface area (Å²) in [6, 6.07) is 55.7. The highest BCUT2D eigenvalue weighted by Gasteiger charge is 2.27. The summed E-state index contributed by atoms with van der Waals surface area (Å²) in [5.41, 5.74) is 10.3. The maximum Gasteiger partial charge on any atom is 0.159 e. The van der Waals surface area contributed by atoms with E-state index in [1.165, 1.54) is 31.3 Å². The van der Waals surface area contributed by atoms with Crippen molar-refractivity contribution < 1.29 is 4.42 Å². The van der Waals surface area contributed by atoms with Crippen molar-refractivity contribution in [1.82, 2.24) is 5.32 Å². The molecule has 3 heterocycles. The van der Waals surface area contributed by atoms with Crippen LogP contribution in [0.1, 0.15) is 40.4 Å². The fourth-order valence-corrected chi connectivity index (χ4v) is 9.26. The van der Waals surface area contributed by atoms with E-state index in [0.29, 0.717) is 5.84 Å². The van der Waals surface area contributed by atoms with Gasteiger partial charge in [0.05, 0.1) is 5.69 Å². The van der Waals surface area contributed by atoms with Gasteiger partial charge in [0, 0.05) is 59.5 Å². The molecule has 2 aliphatic rings. The number of rotatable bonds is 6. The summed E-state index contributed by atoms with van der Waals surface area (Å²) in [4.78, 5) is 12.8. The molecular formula is C49H34N4OS. The SMILES string of the molecule is C1=Cc2cc3c(cc2CC1)oc1cc(N(c2ccccc2)c2ccc4c(c2)sc2ccccc24)cc(C2=NC(c4ccccc4)=NC(c4ccccc4)N2)c13. The first-order valence-electron chi connectivity index (χ1n) is 18.7. The lowest BCUT2D eigenvalue weighted by Crippen LogP contribution is -2.33. The van der Waals surface area contributed by atoms with Gasteiger partial charge >= 0.3 is 0 Å². The Hall–Kier alpha value is -6.76. The second kappa shape index (κ2) is 13.0. The van der Waals surface area contributed by atoms with Crippen molar-refractivity contribution in [2.75, 3.05) is 4.90 Å². The standard InChI is InChI=1S/C49H34N4OS/c1-4-14-31(15-5-1)47-50-48(32-16-6-2-7-17-32)52-49(51-47)41-28-37(29-43-46(41)40-26-33-18-10-11-19-34(33)27-42(40)54-43)53(35-20-8-3-9-21-35)36-24-25-39-38-22-12-13-23-44(38)55-45(39)30-36/h1-10,12-18,20-30,47H,11,19H2,(H,50,51,52). The predicted molar refractivity (Wildman–Crippen MR) is 230 cm³/mol. The van der Waals surface area contributed by atoms with Gasteiger partial charge in [-0.15, -0.1) is 11.3 Å². The van der Waals surface area contributed by atoms with Crippen LogP contribution < -0.4 is 10.2 Å². The normalized spacial score (nSPS) is 15.2. The molecule has 0 amide bonds.